The van der Waals surface area contributed by atoms with Gasteiger partial charge in [0.05, 0.1) is 0 Å². The Morgan fingerprint density at radius 1 is 1.38 bits per heavy atom. The first-order chi connectivity index (χ1) is 6.02. The number of hydrogen-bond donors (Lipinski definition) is 0. The van der Waals surface area contributed by atoms with Gasteiger partial charge < -0.3 is 0 Å². The van der Waals surface area contributed by atoms with Gasteiger partial charge in [-0.25, -0.2) is 4.39 Å². The molecule has 0 bridgehead atoms. The fraction of sp³-hybridized carbons (Fsp3) is 0.364. The molecule has 0 radical (unpaired) electrons. The van der Waals surface area contributed by atoms with E-state index in [-0.39, 0.29) is 11.6 Å². The molecule has 1 aromatic carbocycles. The second-order valence-corrected chi connectivity index (χ2v) is 3.35. The monoisotopic (exact) mass is 180 g/mol. The number of benzene rings is 1. The summed E-state index contributed by atoms with van der Waals surface area (Å²) in [6, 6.07) is 3.15. The Morgan fingerprint density at radius 3 is 2.54 bits per heavy atom. The Bertz CT molecular complexity index is 342. The van der Waals surface area contributed by atoms with Crippen molar-refractivity contribution in [1.82, 2.24) is 0 Å². The van der Waals surface area contributed by atoms with Crippen LogP contribution >= 0.6 is 0 Å². The van der Waals surface area contributed by atoms with Crippen LogP contribution in [0, 0.1) is 19.7 Å². The quantitative estimate of drug-likeness (QED) is 0.683. The van der Waals surface area contributed by atoms with Crippen molar-refractivity contribution in [3.8, 4) is 0 Å². The maximum absolute atomic E-state index is 13.1. The zero-order chi connectivity index (χ0) is 10.0. The summed E-state index contributed by atoms with van der Waals surface area (Å²) in [6.07, 6.45) is 0.329. The number of carbonyl (C=O) groups excluding carboxylic acids is 1. The highest BCUT2D eigenvalue weighted by Crippen LogP contribution is 2.17. The van der Waals surface area contributed by atoms with E-state index in [0.717, 1.165) is 11.1 Å². The van der Waals surface area contributed by atoms with E-state index < -0.39 is 0 Å². The molecule has 0 aliphatic rings. The van der Waals surface area contributed by atoms with Gasteiger partial charge in [-0.2, -0.15) is 0 Å². The zero-order valence-corrected chi connectivity index (χ0v) is 8.15. The normalized spacial score (nSPS) is 10.2. The largest absolute Gasteiger partial charge is 0.300 e. The fourth-order valence-electron chi connectivity index (χ4n) is 1.38. The van der Waals surface area contributed by atoms with Crippen LogP contribution < -0.4 is 0 Å². The lowest BCUT2D eigenvalue weighted by molar-refractivity contribution is -0.116. The Hall–Kier alpha value is -1.18. The summed E-state index contributed by atoms with van der Waals surface area (Å²) in [5.41, 5.74) is 2.40. The molecule has 0 aromatic heterocycles. The highest BCUT2D eigenvalue weighted by Gasteiger charge is 2.08. The van der Waals surface area contributed by atoms with Crippen LogP contribution in [0.15, 0.2) is 12.1 Å². The lowest BCUT2D eigenvalue weighted by Gasteiger charge is -2.08. The van der Waals surface area contributed by atoms with Crippen LogP contribution in [0.4, 0.5) is 4.39 Å². The van der Waals surface area contributed by atoms with Crippen LogP contribution in [0.25, 0.3) is 0 Å². The zero-order valence-electron chi connectivity index (χ0n) is 8.15. The van der Waals surface area contributed by atoms with E-state index in [1.807, 2.05) is 6.92 Å². The average Bonchev–Trinajstić information content (AvgIpc) is 2.05. The summed E-state index contributed by atoms with van der Waals surface area (Å²) < 4.78 is 13.1. The molecule has 0 saturated carbocycles. The van der Waals surface area contributed by atoms with Gasteiger partial charge in [0.25, 0.3) is 0 Å². The topological polar surface area (TPSA) is 17.1 Å². The molecule has 70 valence electrons. The third kappa shape index (κ3) is 2.14. The Kier molecular flexibility index (Phi) is 2.81. The summed E-state index contributed by atoms with van der Waals surface area (Å²) in [5.74, 6) is -0.168. The molecule has 0 heterocycles. The number of rotatable bonds is 2. The highest BCUT2D eigenvalue weighted by atomic mass is 19.1. The van der Waals surface area contributed by atoms with Crippen molar-refractivity contribution in [2.24, 2.45) is 0 Å². The third-order valence-corrected chi connectivity index (χ3v) is 2.19. The van der Waals surface area contributed by atoms with Gasteiger partial charge in [-0.05, 0) is 43.5 Å². The van der Waals surface area contributed by atoms with E-state index in [1.54, 1.807) is 13.0 Å². The average molecular weight is 180 g/mol. The first-order valence-corrected chi connectivity index (χ1v) is 4.26. The molecular formula is C11H13FO. The first-order valence-electron chi connectivity index (χ1n) is 4.26. The Balaban J connectivity index is 3.17. The second kappa shape index (κ2) is 3.69. The number of carbonyl (C=O) groups is 1. The molecule has 0 fully saturated rings. The molecule has 1 aromatic rings. The van der Waals surface area contributed by atoms with Crippen molar-refractivity contribution in [2.45, 2.75) is 27.2 Å². The van der Waals surface area contributed by atoms with Gasteiger partial charge in [-0.3, -0.25) is 4.79 Å². The molecular weight excluding hydrogens is 167 g/mol. The molecule has 0 N–H and O–H groups in total. The Morgan fingerprint density at radius 2 is 2.00 bits per heavy atom. The molecule has 0 unspecified atom stereocenters. The summed E-state index contributed by atoms with van der Waals surface area (Å²) in [6.45, 7) is 5.12. The van der Waals surface area contributed by atoms with Gasteiger partial charge in [0, 0.05) is 6.42 Å². The van der Waals surface area contributed by atoms with E-state index in [0.29, 0.717) is 12.0 Å². The van der Waals surface area contributed by atoms with Gasteiger partial charge in [-0.15, -0.1) is 0 Å². The molecule has 0 atom stereocenters. The van der Waals surface area contributed by atoms with E-state index in [9.17, 15) is 9.18 Å². The van der Waals surface area contributed by atoms with E-state index >= 15 is 0 Å². The van der Waals surface area contributed by atoms with Crippen molar-refractivity contribution < 1.29 is 9.18 Å². The van der Waals surface area contributed by atoms with Crippen LogP contribution in [0.2, 0.25) is 0 Å². The van der Waals surface area contributed by atoms with E-state index in [1.165, 1.54) is 13.0 Å². The van der Waals surface area contributed by atoms with Crippen LogP contribution in [0.1, 0.15) is 23.6 Å². The van der Waals surface area contributed by atoms with E-state index in [4.69, 9.17) is 0 Å². The molecule has 0 spiro atoms. The lowest BCUT2D eigenvalue weighted by Crippen LogP contribution is -2.03. The number of aryl methyl sites for hydroxylation is 1. The van der Waals surface area contributed by atoms with Crippen molar-refractivity contribution in [3.05, 3.63) is 34.6 Å². The second-order valence-electron chi connectivity index (χ2n) is 3.35. The van der Waals surface area contributed by atoms with Crippen molar-refractivity contribution in [3.63, 3.8) is 0 Å². The van der Waals surface area contributed by atoms with Crippen LogP contribution in [-0.2, 0) is 11.2 Å². The highest BCUT2D eigenvalue weighted by molar-refractivity contribution is 5.79. The smallest absolute Gasteiger partial charge is 0.134 e. The summed E-state index contributed by atoms with van der Waals surface area (Å²) in [5, 5.41) is 0. The van der Waals surface area contributed by atoms with Crippen molar-refractivity contribution >= 4 is 5.78 Å². The maximum Gasteiger partial charge on any atom is 0.134 e. The summed E-state index contributed by atoms with van der Waals surface area (Å²) >= 11 is 0. The number of hydrogen-bond acceptors (Lipinski definition) is 1. The van der Waals surface area contributed by atoms with Gasteiger partial charge in [0.15, 0.2) is 0 Å². The molecule has 1 nitrogen and oxygen atoms in total. The Labute approximate surface area is 77.6 Å². The minimum absolute atomic E-state index is 0.0665. The predicted molar refractivity (Wildman–Crippen MR) is 50.3 cm³/mol. The first kappa shape index (κ1) is 9.90. The maximum atomic E-state index is 13.1. The van der Waals surface area contributed by atoms with Gasteiger partial charge in [0.2, 0.25) is 0 Å². The number of ketones is 1. The van der Waals surface area contributed by atoms with Gasteiger partial charge >= 0.3 is 0 Å². The van der Waals surface area contributed by atoms with Crippen LogP contribution in [-0.4, -0.2) is 5.78 Å². The minimum Gasteiger partial charge on any atom is -0.300 e. The number of halogens is 1. The molecule has 13 heavy (non-hydrogen) atoms. The molecule has 2 heteroatoms. The SMILES string of the molecule is CC(=O)Cc1c(C)ccc(F)c1C. The molecule has 0 aliphatic heterocycles. The molecule has 0 amide bonds. The standard InChI is InChI=1S/C11H13FO/c1-7-4-5-11(12)9(3)10(7)6-8(2)13/h4-5H,6H2,1-3H3. The van der Waals surface area contributed by atoms with E-state index in [2.05, 4.69) is 0 Å². The van der Waals surface area contributed by atoms with Gasteiger partial charge in [-0.1, -0.05) is 6.07 Å². The van der Waals surface area contributed by atoms with Crippen molar-refractivity contribution in [2.75, 3.05) is 0 Å². The fourth-order valence-corrected chi connectivity index (χ4v) is 1.38. The van der Waals surface area contributed by atoms with Crippen LogP contribution in [0.5, 0.6) is 0 Å². The van der Waals surface area contributed by atoms with Crippen LogP contribution in [0.3, 0.4) is 0 Å². The molecule has 1 rings (SSSR count). The molecule has 0 saturated heterocycles. The van der Waals surface area contributed by atoms with Crippen molar-refractivity contribution in [1.29, 1.82) is 0 Å². The third-order valence-electron chi connectivity index (χ3n) is 2.19. The van der Waals surface area contributed by atoms with Gasteiger partial charge in [0.1, 0.15) is 11.6 Å². The summed E-state index contributed by atoms with van der Waals surface area (Å²) in [7, 11) is 0. The number of Topliss-reactive ketones (excluding diaryl/α,β-unsaturated/α-hetero) is 1. The summed E-state index contributed by atoms with van der Waals surface area (Å²) in [4.78, 5) is 10.9. The predicted octanol–water partition coefficient (Wildman–Crippen LogP) is 2.57. The minimum atomic E-state index is -0.234. The lowest BCUT2D eigenvalue weighted by atomic mass is 9.98. The molecule has 0 aliphatic carbocycles.